The van der Waals surface area contributed by atoms with Crippen LogP contribution in [0.3, 0.4) is 0 Å². The molecule has 5 nitrogen and oxygen atoms in total. The summed E-state index contributed by atoms with van der Waals surface area (Å²) in [6.07, 6.45) is -0.685. The number of amides is 1. The van der Waals surface area contributed by atoms with Crippen molar-refractivity contribution in [3.05, 3.63) is 59.2 Å². The molecule has 0 heterocycles. The zero-order valence-corrected chi connectivity index (χ0v) is 16.5. The van der Waals surface area contributed by atoms with Crippen molar-refractivity contribution in [1.29, 1.82) is 0 Å². The van der Waals surface area contributed by atoms with Crippen LogP contribution in [0.5, 0.6) is 5.75 Å². The molecule has 2 rings (SSSR count). The number of rotatable bonds is 7. The highest BCUT2D eigenvalue weighted by Gasteiger charge is 2.19. The van der Waals surface area contributed by atoms with Crippen molar-refractivity contribution >= 4 is 17.6 Å². The lowest BCUT2D eigenvalue weighted by molar-refractivity contribution is -0.122. The van der Waals surface area contributed by atoms with E-state index in [1.54, 1.807) is 39.0 Å². The molecule has 2 aromatic rings. The molecule has 0 aliphatic rings. The van der Waals surface area contributed by atoms with Crippen LogP contribution < -0.4 is 10.1 Å². The number of carbonyl (C=O) groups excluding carboxylic acids is 2. The predicted octanol–water partition coefficient (Wildman–Crippen LogP) is 4.70. The van der Waals surface area contributed by atoms with E-state index in [1.165, 1.54) is 0 Å². The van der Waals surface area contributed by atoms with Crippen LogP contribution in [0.25, 0.3) is 0 Å². The number of para-hydroxylation sites is 1. The Morgan fingerprint density at radius 3 is 2.41 bits per heavy atom. The summed E-state index contributed by atoms with van der Waals surface area (Å²) < 4.78 is 10.9. The standard InChI is InChI=1S/C22H27NO4/c1-6-26-22(25)18-11-9-12-19(15(18)4)23-21(24)16(5)27-20-13-8-7-10-17(20)14(2)3/h7-14,16H,6H2,1-5H3,(H,23,24)/t16-/m0/s1. The molecule has 0 fully saturated rings. The molecule has 0 bridgehead atoms. The molecule has 1 N–H and O–H groups in total. The maximum absolute atomic E-state index is 12.6. The summed E-state index contributed by atoms with van der Waals surface area (Å²) in [4.78, 5) is 24.6. The molecule has 1 amide bonds. The second-order valence-electron chi connectivity index (χ2n) is 6.64. The van der Waals surface area contributed by atoms with Crippen LogP contribution in [0.15, 0.2) is 42.5 Å². The van der Waals surface area contributed by atoms with Crippen molar-refractivity contribution in [3.63, 3.8) is 0 Å². The van der Waals surface area contributed by atoms with Gasteiger partial charge in [0.25, 0.3) is 5.91 Å². The lowest BCUT2D eigenvalue weighted by atomic mass is 10.0. The van der Waals surface area contributed by atoms with Crippen molar-refractivity contribution in [3.8, 4) is 5.75 Å². The third-order valence-corrected chi connectivity index (χ3v) is 4.30. The molecule has 0 saturated heterocycles. The Morgan fingerprint density at radius 2 is 1.74 bits per heavy atom. The van der Waals surface area contributed by atoms with E-state index >= 15 is 0 Å². The first kappa shape index (κ1) is 20.5. The molecule has 0 aliphatic heterocycles. The van der Waals surface area contributed by atoms with Crippen LogP contribution in [0.2, 0.25) is 0 Å². The molecule has 144 valence electrons. The maximum atomic E-state index is 12.6. The number of esters is 1. The number of hydrogen-bond acceptors (Lipinski definition) is 4. The van der Waals surface area contributed by atoms with Crippen LogP contribution in [0.4, 0.5) is 5.69 Å². The number of nitrogens with one attached hydrogen (secondary N) is 1. The summed E-state index contributed by atoms with van der Waals surface area (Å²) >= 11 is 0. The summed E-state index contributed by atoms with van der Waals surface area (Å²) in [6.45, 7) is 9.70. The average molecular weight is 369 g/mol. The SMILES string of the molecule is CCOC(=O)c1cccc(NC(=O)[C@H](C)Oc2ccccc2C(C)C)c1C. The van der Waals surface area contributed by atoms with Crippen LogP contribution in [0.1, 0.15) is 55.1 Å². The van der Waals surface area contributed by atoms with E-state index in [1.807, 2.05) is 24.3 Å². The van der Waals surface area contributed by atoms with Crippen LogP contribution in [0, 0.1) is 6.92 Å². The Hall–Kier alpha value is -2.82. The number of anilines is 1. The number of benzene rings is 2. The third kappa shape index (κ3) is 5.09. The van der Waals surface area contributed by atoms with Gasteiger partial charge in [-0.2, -0.15) is 0 Å². The fourth-order valence-electron chi connectivity index (χ4n) is 2.74. The first-order valence-corrected chi connectivity index (χ1v) is 9.18. The Balaban J connectivity index is 2.13. The molecule has 0 saturated carbocycles. The molecule has 5 heteroatoms. The molecule has 0 aromatic heterocycles. The van der Waals surface area contributed by atoms with Crippen LogP contribution in [-0.4, -0.2) is 24.6 Å². The van der Waals surface area contributed by atoms with Crippen LogP contribution >= 0.6 is 0 Å². The number of hydrogen-bond donors (Lipinski definition) is 1. The summed E-state index contributed by atoms with van der Waals surface area (Å²) in [6, 6.07) is 12.9. The van der Waals surface area contributed by atoms with Gasteiger partial charge in [0.15, 0.2) is 6.10 Å². The molecule has 2 aromatic carbocycles. The lowest BCUT2D eigenvalue weighted by Crippen LogP contribution is -2.31. The Morgan fingerprint density at radius 1 is 1.04 bits per heavy atom. The van der Waals surface area contributed by atoms with E-state index in [0.717, 1.165) is 5.56 Å². The highest BCUT2D eigenvalue weighted by molar-refractivity contribution is 5.98. The van der Waals surface area contributed by atoms with E-state index in [2.05, 4.69) is 19.2 Å². The van der Waals surface area contributed by atoms with Gasteiger partial charge in [-0.15, -0.1) is 0 Å². The highest BCUT2D eigenvalue weighted by Crippen LogP contribution is 2.27. The van der Waals surface area contributed by atoms with Gasteiger partial charge in [-0.1, -0.05) is 38.1 Å². The van der Waals surface area contributed by atoms with Crippen molar-refractivity contribution < 1.29 is 19.1 Å². The van der Waals surface area contributed by atoms with Gasteiger partial charge in [0.2, 0.25) is 0 Å². The monoisotopic (exact) mass is 369 g/mol. The highest BCUT2D eigenvalue weighted by atomic mass is 16.5. The summed E-state index contributed by atoms with van der Waals surface area (Å²) in [7, 11) is 0. The molecule has 0 radical (unpaired) electrons. The van der Waals surface area contributed by atoms with Gasteiger partial charge >= 0.3 is 5.97 Å². The molecule has 0 spiro atoms. The Labute approximate surface area is 160 Å². The summed E-state index contributed by atoms with van der Waals surface area (Å²) in [5.41, 5.74) is 2.73. The zero-order chi connectivity index (χ0) is 20.0. The maximum Gasteiger partial charge on any atom is 0.338 e. The zero-order valence-electron chi connectivity index (χ0n) is 16.5. The van der Waals surface area contributed by atoms with E-state index in [0.29, 0.717) is 35.1 Å². The fourth-order valence-corrected chi connectivity index (χ4v) is 2.74. The van der Waals surface area contributed by atoms with Gasteiger partial charge in [0.1, 0.15) is 5.75 Å². The van der Waals surface area contributed by atoms with Gasteiger partial charge in [0.05, 0.1) is 12.2 Å². The van der Waals surface area contributed by atoms with Gasteiger partial charge in [0, 0.05) is 5.69 Å². The van der Waals surface area contributed by atoms with Crippen molar-refractivity contribution in [2.45, 2.75) is 46.6 Å². The molecule has 1 atom stereocenters. The summed E-state index contributed by atoms with van der Waals surface area (Å²) in [5.74, 6) is 0.311. The molecular formula is C22H27NO4. The van der Waals surface area contributed by atoms with Gasteiger partial charge in [-0.05, 0) is 56.0 Å². The smallest absolute Gasteiger partial charge is 0.338 e. The normalized spacial score (nSPS) is 11.8. The predicted molar refractivity (Wildman–Crippen MR) is 106 cm³/mol. The quantitative estimate of drug-likeness (QED) is 0.719. The minimum absolute atomic E-state index is 0.280. The Kier molecular flexibility index (Phi) is 6.99. The number of carbonyl (C=O) groups is 2. The minimum Gasteiger partial charge on any atom is -0.481 e. The van der Waals surface area contributed by atoms with E-state index in [9.17, 15) is 9.59 Å². The van der Waals surface area contributed by atoms with Crippen molar-refractivity contribution in [2.24, 2.45) is 0 Å². The largest absolute Gasteiger partial charge is 0.481 e. The molecular weight excluding hydrogens is 342 g/mol. The topological polar surface area (TPSA) is 64.6 Å². The molecule has 0 unspecified atom stereocenters. The Bertz CT molecular complexity index is 814. The van der Waals surface area contributed by atoms with Crippen molar-refractivity contribution in [2.75, 3.05) is 11.9 Å². The molecule has 0 aliphatic carbocycles. The fraction of sp³-hybridized carbons (Fsp3) is 0.364. The van der Waals surface area contributed by atoms with Gasteiger partial charge in [-0.25, -0.2) is 4.79 Å². The lowest BCUT2D eigenvalue weighted by Gasteiger charge is -2.19. The molecule has 27 heavy (non-hydrogen) atoms. The second-order valence-corrected chi connectivity index (χ2v) is 6.64. The first-order chi connectivity index (χ1) is 12.8. The van der Waals surface area contributed by atoms with E-state index < -0.39 is 12.1 Å². The minimum atomic E-state index is -0.685. The van der Waals surface area contributed by atoms with Crippen LogP contribution in [-0.2, 0) is 9.53 Å². The second kappa shape index (κ2) is 9.21. The average Bonchev–Trinajstić information content (AvgIpc) is 2.63. The first-order valence-electron chi connectivity index (χ1n) is 9.18. The van der Waals surface area contributed by atoms with E-state index in [-0.39, 0.29) is 5.91 Å². The van der Waals surface area contributed by atoms with Gasteiger partial charge < -0.3 is 14.8 Å². The van der Waals surface area contributed by atoms with E-state index in [4.69, 9.17) is 9.47 Å². The third-order valence-electron chi connectivity index (χ3n) is 4.30. The summed E-state index contributed by atoms with van der Waals surface area (Å²) in [5, 5.41) is 2.84. The van der Waals surface area contributed by atoms with Gasteiger partial charge in [-0.3, -0.25) is 4.79 Å². The van der Waals surface area contributed by atoms with Crippen molar-refractivity contribution in [1.82, 2.24) is 0 Å². The number of ether oxygens (including phenoxy) is 2.